The van der Waals surface area contributed by atoms with Gasteiger partial charge in [-0.15, -0.1) is 0 Å². The minimum atomic E-state index is -4.37. The van der Waals surface area contributed by atoms with E-state index >= 15 is 0 Å². The maximum absolute atomic E-state index is 13.2. The molecule has 0 spiro atoms. The van der Waals surface area contributed by atoms with Gasteiger partial charge in [-0.1, -0.05) is 24.3 Å². The molecule has 152 valence electrons. The average molecular weight is 396 g/mol. The molecule has 6 nitrogen and oxygen atoms in total. The second-order valence-electron chi connectivity index (χ2n) is 7.29. The summed E-state index contributed by atoms with van der Waals surface area (Å²) in [6.45, 7) is 3.93. The molecule has 0 radical (unpaired) electrons. The first-order chi connectivity index (χ1) is 12.8. The zero-order valence-electron chi connectivity index (χ0n) is 16.3. The van der Waals surface area contributed by atoms with Gasteiger partial charge in [-0.25, -0.2) is 4.98 Å². The summed E-state index contributed by atoms with van der Waals surface area (Å²) < 4.78 is 39.5. The maximum Gasteiger partial charge on any atom is 0.397 e. The number of nitrogens with one attached hydrogen (secondary N) is 2. The Labute approximate surface area is 160 Å². The molecular weight excluding hydrogens is 373 g/mol. The van der Waals surface area contributed by atoms with Crippen LogP contribution in [0.4, 0.5) is 19.1 Å². The highest BCUT2D eigenvalue weighted by atomic mass is 19.4. The molecule has 0 aliphatic carbocycles. The number of aromatic nitrogens is 2. The van der Waals surface area contributed by atoms with Crippen molar-refractivity contribution >= 4 is 11.9 Å². The van der Waals surface area contributed by atoms with Crippen molar-refractivity contribution in [1.82, 2.24) is 15.3 Å². The predicted octanol–water partition coefficient (Wildman–Crippen LogP) is 3.17. The molecule has 0 saturated heterocycles. The van der Waals surface area contributed by atoms with Crippen molar-refractivity contribution < 1.29 is 18.0 Å². The number of benzene rings is 1. The fraction of sp³-hybridized carbons (Fsp3) is 0.421. The summed E-state index contributed by atoms with van der Waals surface area (Å²) in [6.07, 6.45) is -4.37. The number of H-pyrrole nitrogens is 1. The summed E-state index contributed by atoms with van der Waals surface area (Å²) in [6, 6.07) is 6.50. The fourth-order valence-electron chi connectivity index (χ4n) is 2.48. The van der Waals surface area contributed by atoms with Crippen molar-refractivity contribution in [1.29, 1.82) is 0 Å². The van der Waals surface area contributed by atoms with E-state index < -0.39 is 29.1 Å². The van der Waals surface area contributed by atoms with Gasteiger partial charge in [0.05, 0.1) is 11.5 Å². The van der Waals surface area contributed by atoms with Crippen LogP contribution in [0.2, 0.25) is 0 Å². The third-order valence-corrected chi connectivity index (χ3v) is 4.57. The number of amides is 1. The van der Waals surface area contributed by atoms with E-state index in [2.05, 4.69) is 15.3 Å². The van der Waals surface area contributed by atoms with Crippen molar-refractivity contribution in [2.45, 2.75) is 38.4 Å². The number of carbonyl (C=O) groups is 1. The van der Waals surface area contributed by atoms with Crippen LogP contribution in [0.1, 0.15) is 48.4 Å². The molecule has 0 saturated carbocycles. The molecule has 0 aliphatic heterocycles. The lowest BCUT2D eigenvalue weighted by Gasteiger charge is -2.28. The Morgan fingerprint density at radius 2 is 1.75 bits per heavy atom. The number of nitrogens with zero attached hydrogens (tertiary/aromatic N) is 2. The molecule has 1 aromatic carbocycles. The first-order valence-corrected chi connectivity index (χ1v) is 8.59. The largest absolute Gasteiger partial charge is 0.397 e. The van der Waals surface area contributed by atoms with E-state index in [1.807, 2.05) is 0 Å². The molecule has 2 aromatic rings. The lowest BCUT2D eigenvalue weighted by Crippen LogP contribution is -2.36. The van der Waals surface area contributed by atoms with E-state index in [0.717, 1.165) is 19.9 Å². The Balaban J connectivity index is 2.18. The van der Waals surface area contributed by atoms with Crippen LogP contribution in [0.15, 0.2) is 35.1 Å². The van der Waals surface area contributed by atoms with Gasteiger partial charge in [-0.3, -0.25) is 14.6 Å². The monoisotopic (exact) mass is 396 g/mol. The molecule has 1 aromatic heterocycles. The molecule has 0 aliphatic rings. The third-order valence-electron chi connectivity index (χ3n) is 4.57. The van der Waals surface area contributed by atoms with Crippen LogP contribution >= 0.6 is 0 Å². The van der Waals surface area contributed by atoms with Crippen molar-refractivity contribution in [3.8, 4) is 0 Å². The van der Waals surface area contributed by atoms with Gasteiger partial charge in [-0.2, -0.15) is 13.2 Å². The third kappa shape index (κ3) is 4.52. The zero-order valence-corrected chi connectivity index (χ0v) is 16.3. The average Bonchev–Trinajstić information content (AvgIpc) is 2.60. The normalized spacial score (nSPS) is 13.1. The number of hydrogen-bond acceptors (Lipinski definition) is 4. The molecule has 2 rings (SSSR count). The SMILES string of the molecule is C[C@@H](NC(=O)c1cc(=O)[nH]c(N(C)C)n1)c1ccc(C(C)(C)C(F)(F)F)cc1. The fourth-order valence-corrected chi connectivity index (χ4v) is 2.48. The van der Waals surface area contributed by atoms with Gasteiger partial charge in [0.2, 0.25) is 5.95 Å². The Morgan fingerprint density at radius 3 is 2.25 bits per heavy atom. The predicted molar refractivity (Wildman–Crippen MR) is 101 cm³/mol. The zero-order chi connectivity index (χ0) is 21.3. The van der Waals surface area contributed by atoms with E-state index in [1.54, 1.807) is 38.1 Å². The van der Waals surface area contributed by atoms with Crippen LogP contribution in [-0.2, 0) is 5.41 Å². The molecule has 0 unspecified atom stereocenters. The Bertz CT molecular complexity index is 903. The van der Waals surface area contributed by atoms with Crippen molar-refractivity contribution in [2.24, 2.45) is 0 Å². The minimum absolute atomic E-state index is 0.0471. The summed E-state index contributed by atoms with van der Waals surface area (Å²) in [5.74, 6) is -0.314. The number of alkyl halides is 3. The molecule has 1 atom stereocenters. The molecule has 9 heteroatoms. The molecule has 0 fully saturated rings. The van der Waals surface area contributed by atoms with Crippen LogP contribution in [0.25, 0.3) is 0 Å². The molecular formula is C19H23F3N4O2. The highest BCUT2D eigenvalue weighted by molar-refractivity contribution is 5.92. The summed E-state index contributed by atoms with van der Waals surface area (Å²) in [7, 11) is 3.35. The Kier molecular flexibility index (Phi) is 5.86. The van der Waals surface area contributed by atoms with Crippen molar-refractivity contribution in [3.63, 3.8) is 0 Å². The van der Waals surface area contributed by atoms with Gasteiger partial charge in [0, 0.05) is 20.2 Å². The smallest absolute Gasteiger partial charge is 0.348 e. The van der Waals surface area contributed by atoms with Gasteiger partial charge in [-0.05, 0) is 31.9 Å². The summed E-state index contributed by atoms with van der Waals surface area (Å²) in [5.41, 5.74) is -1.72. The molecule has 1 heterocycles. The van der Waals surface area contributed by atoms with Crippen LogP contribution < -0.4 is 15.8 Å². The summed E-state index contributed by atoms with van der Waals surface area (Å²) in [4.78, 5) is 32.3. The van der Waals surface area contributed by atoms with Crippen LogP contribution in [0, 0.1) is 0 Å². The highest BCUT2D eigenvalue weighted by Crippen LogP contribution is 2.40. The van der Waals surface area contributed by atoms with E-state index in [0.29, 0.717) is 5.56 Å². The molecule has 1 amide bonds. The minimum Gasteiger partial charge on any atom is -0.348 e. The first-order valence-electron chi connectivity index (χ1n) is 8.59. The molecule has 28 heavy (non-hydrogen) atoms. The topological polar surface area (TPSA) is 78.1 Å². The van der Waals surface area contributed by atoms with Crippen molar-refractivity contribution in [2.75, 3.05) is 19.0 Å². The van der Waals surface area contributed by atoms with E-state index in [-0.39, 0.29) is 17.2 Å². The van der Waals surface area contributed by atoms with E-state index in [9.17, 15) is 22.8 Å². The maximum atomic E-state index is 13.2. The quantitative estimate of drug-likeness (QED) is 0.814. The number of halogens is 3. The van der Waals surface area contributed by atoms with Crippen LogP contribution in [0.5, 0.6) is 0 Å². The highest BCUT2D eigenvalue weighted by Gasteiger charge is 2.48. The first kappa shape index (κ1) is 21.5. The molecule has 2 N–H and O–H groups in total. The summed E-state index contributed by atoms with van der Waals surface area (Å²) >= 11 is 0. The number of hydrogen-bond donors (Lipinski definition) is 2. The number of aromatic amines is 1. The lowest BCUT2D eigenvalue weighted by atomic mass is 9.83. The van der Waals surface area contributed by atoms with Crippen LogP contribution in [0.3, 0.4) is 0 Å². The second kappa shape index (κ2) is 7.65. The standard InChI is InChI=1S/C19H23F3N4O2/c1-11(12-6-8-13(9-7-12)18(2,3)19(20,21)22)23-16(28)14-10-15(27)25-17(24-14)26(4)5/h6-11H,1-5H3,(H,23,28)(H,24,25,27)/t11-/m1/s1. The van der Waals surface area contributed by atoms with E-state index in [4.69, 9.17) is 0 Å². The van der Waals surface area contributed by atoms with Gasteiger partial charge >= 0.3 is 6.18 Å². The van der Waals surface area contributed by atoms with Crippen LogP contribution in [-0.4, -0.2) is 36.1 Å². The number of rotatable bonds is 5. The molecule has 0 bridgehead atoms. The lowest BCUT2D eigenvalue weighted by molar-refractivity contribution is -0.180. The van der Waals surface area contributed by atoms with Gasteiger partial charge in [0.15, 0.2) is 0 Å². The number of anilines is 1. The van der Waals surface area contributed by atoms with Gasteiger partial charge in [0.25, 0.3) is 11.5 Å². The van der Waals surface area contributed by atoms with Gasteiger partial charge < -0.3 is 10.2 Å². The number of carbonyl (C=O) groups excluding carboxylic acids is 1. The Morgan fingerprint density at radius 1 is 1.18 bits per heavy atom. The van der Waals surface area contributed by atoms with Gasteiger partial charge in [0.1, 0.15) is 5.69 Å². The second-order valence-corrected chi connectivity index (χ2v) is 7.29. The van der Waals surface area contributed by atoms with Crippen molar-refractivity contribution in [3.05, 3.63) is 57.5 Å². The summed E-state index contributed by atoms with van der Waals surface area (Å²) in [5, 5.41) is 2.70. The Hall–Kier alpha value is -2.84. The van der Waals surface area contributed by atoms with E-state index in [1.165, 1.54) is 12.1 Å².